The Morgan fingerprint density at radius 2 is 1.11 bits per heavy atom. The maximum atomic E-state index is 12.9. The molecular formula is C30H40N6O2. The van der Waals surface area contributed by atoms with E-state index in [-0.39, 0.29) is 11.1 Å². The Balaban J connectivity index is 1.42. The average Bonchev–Trinajstić information content (AvgIpc) is 2.94. The zero-order valence-electron chi connectivity index (χ0n) is 22.8. The Labute approximate surface area is 224 Å². The standard InChI is InChI=1S/C30H40N6O2/c1-3-23-25(31-29(33-27(23)37)35-14-7-5-8-15-35)19-21-12-11-13-22(18-21)20-26-24(4-2)28(38)34-30(32-26)36-16-9-6-10-17-36/h11-13,18H,3-10,14-17,19-20H2,1-2H3,(H,31,33,37)(H,32,34,38). The minimum atomic E-state index is -0.0280. The number of benzene rings is 1. The molecule has 8 nitrogen and oxygen atoms in total. The molecule has 0 amide bonds. The molecule has 2 aliphatic rings. The summed E-state index contributed by atoms with van der Waals surface area (Å²) in [4.78, 5) is 46.2. The lowest BCUT2D eigenvalue weighted by Crippen LogP contribution is -2.33. The van der Waals surface area contributed by atoms with Gasteiger partial charge in [-0.3, -0.25) is 19.6 Å². The maximum Gasteiger partial charge on any atom is 0.255 e. The van der Waals surface area contributed by atoms with Gasteiger partial charge in [-0.1, -0.05) is 38.1 Å². The minimum absolute atomic E-state index is 0.0280. The smallest absolute Gasteiger partial charge is 0.255 e. The zero-order valence-corrected chi connectivity index (χ0v) is 22.8. The van der Waals surface area contributed by atoms with E-state index >= 15 is 0 Å². The SMILES string of the molecule is CCc1c(Cc2cccc(Cc3nc(N4CCCCC4)[nH]c(=O)c3CC)c2)nc(N2CCCCC2)[nH]c1=O. The molecule has 2 fully saturated rings. The zero-order chi connectivity index (χ0) is 26.5. The van der Waals surface area contributed by atoms with Crippen LogP contribution in [0.3, 0.4) is 0 Å². The summed E-state index contributed by atoms with van der Waals surface area (Å²) in [7, 11) is 0. The number of piperidine rings is 2. The largest absolute Gasteiger partial charge is 0.342 e. The van der Waals surface area contributed by atoms with Crippen LogP contribution in [-0.4, -0.2) is 46.1 Å². The molecule has 0 radical (unpaired) electrons. The predicted octanol–water partition coefficient (Wildman–Crippen LogP) is 4.14. The lowest BCUT2D eigenvalue weighted by atomic mass is 9.99. The van der Waals surface area contributed by atoms with Crippen LogP contribution < -0.4 is 20.9 Å². The van der Waals surface area contributed by atoms with Crippen LogP contribution in [-0.2, 0) is 25.7 Å². The molecule has 0 spiro atoms. The third-order valence-corrected chi connectivity index (χ3v) is 7.93. The van der Waals surface area contributed by atoms with Gasteiger partial charge in [-0.05, 0) is 62.5 Å². The van der Waals surface area contributed by atoms with Gasteiger partial charge in [0.25, 0.3) is 11.1 Å². The molecule has 0 bridgehead atoms. The molecule has 3 aromatic rings. The highest BCUT2D eigenvalue weighted by Gasteiger charge is 2.19. The van der Waals surface area contributed by atoms with Crippen molar-refractivity contribution >= 4 is 11.9 Å². The van der Waals surface area contributed by atoms with Crippen LogP contribution >= 0.6 is 0 Å². The average molecular weight is 517 g/mol. The molecule has 202 valence electrons. The van der Waals surface area contributed by atoms with Crippen LogP contribution in [0.4, 0.5) is 11.9 Å². The second kappa shape index (κ2) is 12.0. The maximum absolute atomic E-state index is 12.9. The third-order valence-electron chi connectivity index (χ3n) is 7.93. The fourth-order valence-electron chi connectivity index (χ4n) is 5.83. The number of aromatic nitrogens is 4. The molecule has 4 heterocycles. The number of hydrogen-bond acceptors (Lipinski definition) is 6. The van der Waals surface area contributed by atoms with Crippen molar-refractivity contribution in [1.82, 2.24) is 19.9 Å². The van der Waals surface area contributed by atoms with E-state index in [1.54, 1.807) is 0 Å². The quantitative estimate of drug-likeness (QED) is 0.467. The first kappa shape index (κ1) is 26.2. The van der Waals surface area contributed by atoms with Gasteiger partial charge >= 0.3 is 0 Å². The summed E-state index contributed by atoms with van der Waals surface area (Å²) in [6.07, 6.45) is 9.48. The van der Waals surface area contributed by atoms with Gasteiger partial charge in [-0.2, -0.15) is 0 Å². The highest BCUT2D eigenvalue weighted by Crippen LogP contribution is 2.21. The molecule has 2 saturated heterocycles. The molecule has 1 aromatic carbocycles. The molecule has 2 N–H and O–H groups in total. The highest BCUT2D eigenvalue weighted by molar-refractivity contribution is 5.39. The summed E-state index contributed by atoms with van der Waals surface area (Å²) >= 11 is 0. The number of hydrogen-bond donors (Lipinski definition) is 2. The predicted molar refractivity (Wildman–Crippen MR) is 153 cm³/mol. The Morgan fingerprint density at radius 3 is 1.50 bits per heavy atom. The van der Waals surface area contributed by atoms with Crippen molar-refractivity contribution in [2.24, 2.45) is 0 Å². The number of aromatic amines is 2. The summed E-state index contributed by atoms with van der Waals surface area (Å²) in [5.74, 6) is 1.40. The first-order valence-corrected chi connectivity index (χ1v) is 14.4. The lowest BCUT2D eigenvalue weighted by Gasteiger charge is -2.27. The first-order chi connectivity index (χ1) is 18.6. The monoisotopic (exact) mass is 516 g/mol. The second-order valence-corrected chi connectivity index (χ2v) is 10.6. The van der Waals surface area contributed by atoms with Crippen molar-refractivity contribution < 1.29 is 0 Å². The van der Waals surface area contributed by atoms with Gasteiger partial charge in [0.2, 0.25) is 11.9 Å². The third kappa shape index (κ3) is 5.84. The van der Waals surface area contributed by atoms with Gasteiger partial charge in [-0.25, -0.2) is 9.97 Å². The van der Waals surface area contributed by atoms with Gasteiger partial charge in [0.05, 0.1) is 11.4 Å². The van der Waals surface area contributed by atoms with Gasteiger partial charge in [0.15, 0.2) is 0 Å². The molecular weight excluding hydrogens is 476 g/mol. The number of nitrogens with one attached hydrogen (secondary N) is 2. The van der Waals surface area contributed by atoms with Crippen LogP contribution in [0, 0.1) is 0 Å². The summed E-state index contributed by atoms with van der Waals surface area (Å²) < 4.78 is 0. The normalized spacial score (nSPS) is 16.2. The molecule has 0 saturated carbocycles. The highest BCUT2D eigenvalue weighted by atomic mass is 16.1. The molecule has 0 atom stereocenters. The van der Waals surface area contributed by atoms with E-state index in [2.05, 4.69) is 44.0 Å². The van der Waals surface area contributed by atoms with Gasteiger partial charge in [-0.15, -0.1) is 0 Å². The number of nitrogens with zero attached hydrogens (tertiary/aromatic N) is 4. The van der Waals surface area contributed by atoms with E-state index in [9.17, 15) is 9.59 Å². The summed E-state index contributed by atoms with van der Waals surface area (Å²) in [5.41, 5.74) is 5.38. The molecule has 5 rings (SSSR count). The topological polar surface area (TPSA) is 98.0 Å². The molecule has 8 heteroatoms. The van der Waals surface area contributed by atoms with Crippen molar-refractivity contribution in [2.75, 3.05) is 36.0 Å². The molecule has 0 unspecified atom stereocenters. The minimum Gasteiger partial charge on any atom is -0.342 e. The Kier molecular flexibility index (Phi) is 8.25. The fraction of sp³-hybridized carbons (Fsp3) is 0.533. The summed E-state index contributed by atoms with van der Waals surface area (Å²) in [6.45, 7) is 7.77. The van der Waals surface area contributed by atoms with E-state index in [1.165, 1.54) is 12.8 Å². The lowest BCUT2D eigenvalue weighted by molar-refractivity contribution is 0.566. The van der Waals surface area contributed by atoms with Crippen LogP contribution in [0.15, 0.2) is 33.9 Å². The molecule has 0 aliphatic carbocycles. The Bertz CT molecular complexity index is 1270. The molecule has 38 heavy (non-hydrogen) atoms. The fourth-order valence-corrected chi connectivity index (χ4v) is 5.83. The summed E-state index contributed by atoms with van der Waals surface area (Å²) in [6, 6.07) is 8.42. The van der Waals surface area contributed by atoms with Crippen LogP contribution in [0.1, 0.15) is 86.0 Å². The van der Waals surface area contributed by atoms with E-state index in [0.29, 0.717) is 37.6 Å². The van der Waals surface area contributed by atoms with Crippen LogP contribution in [0.5, 0.6) is 0 Å². The van der Waals surface area contributed by atoms with E-state index in [0.717, 1.165) is 85.5 Å². The van der Waals surface area contributed by atoms with E-state index < -0.39 is 0 Å². The van der Waals surface area contributed by atoms with Crippen LogP contribution in [0.25, 0.3) is 0 Å². The van der Waals surface area contributed by atoms with Crippen molar-refractivity contribution in [1.29, 1.82) is 0 Å². The Morgan fingerprint density at radius 1 is 0.684 bits per heavy atom. The van der Waals surface area contributed by atoms with Gasteiger partial charge < -0.3 is 9.80 Å². The van der Waals surface area contributed by atoms with Gasteiger partial charge in [0, 0.05) is 50.1 Å². The second-order valence-electron chi connectivity index (χ2n) is 10.6. The van der Waals surface area contributed by atoms with Crippen molar-refractivity contribution in [3.05, 3.63) is 78.6 Å². The van der Waals surface area contributed by atoms with E-state index in [4.69, 9.17) is 9.97 Å². The number of H-pyrrole nitrogens is 2. The number of rotatable bonds is 8. The number of anilines is 2. The summed E-state index contributed by atoms with van der Waals surface area (Å²) in [5, 5.41) is 0. The van der Waals surface area contributed by atoms with Crippen molar-refractivity contribution in [2.45, 2.75) is 78.1 Å². The van der Waals surface area contributed by atoms with Crippen molar-refractivity contribution in [3.8, 4) is 0 Å². The Hall–Kier alpha value is -3.42. The van der Waals surface area contributed by atoms with Gasteiger partial charge in [0.1, 0.15) is 0 Å². The first-order valence-electron chi connectivity index (χ1n) is 14.4. The van der Waals surface area contributed by atoms with Crippen LogP contribution in [0.2, 0.25) is 0 Å². The van der Waals surface area contributed by atoms with Crippen molar-refractivity contribution in [3.63, 3.8) is 0 Å². The molecule has 2 aromatic heterocycles. The van der Waals surface area contributed by atoms with E-state index in [1.807, 2.05) is 13.8 Å². The molecule has 2 aliphatic heterocycles.